The number of nitrogens with zero attached hydrogens (tertiary/aromatic N) is 1. The first-order valence-electron chi connectivity index (χ1n) is 6.81. The van der Waals surface area contributed by atoms with Gasteiger partial charge in [0.25, 0.3) is 0 Å². The van der Waals surface area contributed by atoms with E-state index in [0.717, 1.165) is 25.1 Å². The number of benzene rings is 1. The number of nitrogens with one attached hydrogen (secondary N) is 1. The lowest BCUT2D eigenvalue weighted by Crippen LogP contribution is -2.40. The monoisotopic (exact) mass is 246 g/mol. The van der Waals surface area contributed by atoms with Crippen molar-refractivity contribution in [2.45, 2.75) is 38.6 Å². The average Bonchev–Trinajstić information content (AvgIpc) is 2.81. The number of carbonyl (C=O) groups excluding carboxylic acids is 1. The molecule has 1 atom stereocenters. The van der Waals surface area contributed by atoms with Crippen LogP contribution in [-0.2, 0) is 11.2 Å². The molecule has 0 aliphatic carbocycles. The minimum atomic E-state index is -0.0750. The van der Waals surface area contributed by atoms with Crippen molar-refractivity contribution in [3.8, 4) is 0 Å². The number of amides is 1. The summed E-state index contributed by atoms with van der Waals surface area (Å²) in [5, 5.41) is 3.31. The number of anilines is 1. The van der Waals surface area contributed by atoms with Crippen LogP contribution >= 0.6 is 0 Å². The fourth-order valence-corrected chi connectivity index (χ4v) is 2.42. The van der Waals surface area contributed by atoms with E-state index in [1.54, 1.807) is 0 Å². The van der Waals surface area contributed by atoms with E-state index in [2.05, 4.69) is 18.3 Å². The first-order chi connectivity index (χ1) is 8.72. The van der Waals surface area contributed by atoms with Crippen LogP contribution in [0.3, 0.4) is 0 Å². The van der Waals surface area contributed by atoms with Crippen LogP contribution in [0.5, 0.6) is 0 Å². The van der Waals surface area contributed by atoms with E-state index in [1.807, 2.05) is 30.1 Å². The molecule has 3 heteroatoms. The highest BCUT2D eigenvalue weighted by molar-refractivity contribution is 5.87. The standard InChI is InChI=1S/C15H22N2O/c1-3-4-7-10-17(2)15(18)14-11-12-8-5-6-9-13(12)16-14/h5-6,8-9,14,16H,3-4,7,10-11H2,1-2H3. The zero-order chi connectivity index (χ0) is 13.0. The topological polar surface area (TPSA) is 32.3 Å². The minimum Gasteiger partial charge on any atom is -0.373 e. The number of rotatable bonds is 5. The molecule has 0 saturated heterocycles. The van der Waals surface area contributed by atoms with Crippen LogP contribution < -0.4 is 5.32 Å². The molecule has 0 spiro atoms. The molecule has 3 nitrogen and oxygen atoms in total. The van der Waals surface area contributed by atoms with E-state index >= 15 is 0 Å². The molecule has 18 heavy (non-hydrogen) atoms. The molecule has 98 valence electrons. The van der Waals surface area contributed by atoms with E-state index in [4.69, 9.17) is 0 Å². The number of carbonyl (C=O) groups is 1. The van der Waals surface area contributed by atoms with Gasteiger partial charge in [-0.15, -0.1) is 0 Å². The number of hydrogen-bond acceptors (Lipinski definition) is 2. The van der Waals surface area contributed by atoms with Crippen molar-refractivity contribution in [3.63, 3.8) is 0 Å². The highest BCUT2D eigenvalue weighted by Crippen LogP contribution is 2.25. The van der Waals surface area contributed by atoms with E-state index < -0.39 is 0 Å². The molecule has 1 amide bonds. The van der Waals surface area contributed by atoms with Crippen molar-refractivity contribution in [1.82, 2.24) is 4.90 Å². The first kappa shape index (κ1) is 12.9. The Hall–Kier alpha value is -1.51. The van der Waals surface area contributed by atoms with Gasteiger partial charge in [0.1, 0.15) is 6.04 Å². The zero-order valence-corrected chi connectivity index (χ0v) is 11.3. The molecule has 1 heterocycles. The van der Waals surface area contributed by atoms with E-state index in [9.17, 15) is 4.79 Å². The van der Waals surface area contributed by atoms with Crippen molar-refractivity contribution in [2.75, 3.05) is 18.9 Å². The number of para-hydroxylation sites is 1. The Morgan fingerprint density at radius 2 is 2.17 bits per heavy atom. The van der Waals surface area contributed by atoms with Crippen molar-refractivity contribution in [1.29, 1.82) is 0 Å². The predicted molar refractivity (Wildman–Crippen MR) is 74.7 cm³/mol. The second kappa shape index (κ2) is 5.89. The van der Waals surface area contributed by atoms with Crippen molar-refractivity contribution >= 4 is 11.6 Å². The Kier molecular flexibility index (Phi) is 4.24. The van der Waals surface area contributed by atoms with Gasteiger partial charge in [0.05, 0.1) is 0 Å². The van der Waals surface area contributed by atoms with Crippen LogP contribution in [0.2, 0.25) is 0 Å². The first-order valence-corrected chi connectivity index (χ1v) is 6.81. The quantitative estimate of drug-likeness (QED) is 0.810. The lowest BCUT2D eigenvalue weighted by atomic mass is 10.1. The molecular formula is C15H22N2O. The molecular weight excluding hydrogens is 224 g/mol. The molecule has 0 fully saturated rings. The number of unbranched alkanes of at least 4 members (excludes halogenated alkanes) is 2. The third kappa shape index (κ3) is 2.84. The van der Waals surface area contributed by atoms with Crippen LogP contribution in [0, 0.1) is 0 Å². The Balaban J connectivity index is 1.88. The summed E-state index contributed by atoms with van der Waals surface area (Å²) in [6.45, 7) is 3.04. The van der Waals surface area contributed by atoms with Gasteiger partial charge in [-0.1, -0.05) is 38.0 Å². The van der Waals surface area contributed by atoms with Crippen LogP contribution in [0.25, 0.3) is 0 Å². The maximum absolute atomic E-state index is 12.3. The lowest BCUT2D eigenvalue weighted by Gasteiger charge is -2.21. The molecule has 1 unspecified atom stereocenters. The average molecular weight is 246 g/mol. The van der Waals surface area contributed by atoms with Crippen molar-refractivity contribution in [3.05, 3.63) is 29.8 Å². The Morgan fingerprint density at radius 3 is 2.89 bits per heavy atom. The summed E-state index contributed by atoms with van der Waals surface area (Å²) in [4.78, 5) is 14.1. The van der Waals surface area contributed by atoms with Gasteiger partial charge in [-0.25, -0.2) is 0 Å². The van der Waals surface area contributed by atoms with Gasteiger partial charge >= 0.3 is 0 Å². The fourth-order valence-electron chi connectivity index (χ4n) is 2.42. The smallest absolute Gasteiger partial charge is 0.245 e. The molecule has 0 radical (unpaired) electrons. The summed E-state index contributed by atoms with van der Waals surface area (Å²) in [6.07, 6.45) is 4.29. The van der Waals surface area contributed by atoms with Gasteiger partial charge < -0.3 is 10.2 Å². The van der Waals surface area contributed by atoms with Crippen molar-refractivity contribution < 1.29 is 4.79 Å². The van der Waals surface area contributed by atoms with Crippen LogP contribution in [-0.4, -0.2) is 30.4 Å². The van der Waals surface area contributed by atoms with Gasteiger partial charge in [-0.3, -0.25) is 4.79 Å². The number of hydrogen-bond donors (Lipinski definition) is 1. The maximum atomic E-state index is 12.3. The number of likely N-dealkylation sites (N-methyl/N-ethyl adjacent to an activating group) is 1. The van der Waals surface area contributed by atoms with Gasteiger partial charge in [0, 0.05) is 25.7 Å². The Bertz CT molecular complexity index is 392. The molecule has 1 aromatic rings. The van der Waals surface area contributed by atoms with Crippen LogP contribution in [0.15, 0.2) is 24.3 Å². The molecule has 0 bridgehead atoms. The molecule has 1 aliphatic heterocycles. The third-order valence-corrected chi connectivity index (χ3v) is 3.54. The second-order valence-electron chi connectivity index (χ2n) is 5.03. The summed E-state index contributed by atoms with van der Waals surface area (Å²) in [6, 6.07) is 8.09. The Morgan fingerprint density at radius 1 is 1.39 bits per heavy atom. The zero-order valence-electron chi connectivity index (χ0n) is 11.3. The second-order valence-corrected chi connectivity index (χ2v) is 5.03. The molecule has 1 N–H and O–H groups in total. The largest absolute Gasteiger partial charge is 0.373 e. The van der Waals surface area contributed by atoms with Crippen LogP contribution in [0.4, 0.5) is 5.69 Å². The molecule has 1 aromatic carbocycles. The highest BCUT2D eigenvalue weighted by Gasteiger charge is 2.28. The summed E-state index contributed by atoms with van der Waals surface area (Å²) < 4.78 is 0. The predicted octanol–water partition coefficient (Wildman–Crippen LogP) is 2.67. The third-order valence-electron chi connectivity index (χ3n) is 3.54. The lowest BCUT2D eigenvalue weighted by molar-refractivity contribution is -0.130. The normalized spacial score (nSPS) is 17.1. The van der Waals surface area contributed by atoms with Gasteiger partial charge in [0.2, 0.25) is 5.91 Å². The number of fused-ring (bicyclic) bond motifs is 1. The van der Waals surface area contributed by atoms with E-state index in [0.29, 0.717) is 0 Å². The van der Waals surface area contributed by atoms with Gasteiger partial charge in [0.15, 0.2) is 0 Å². The van der Waals surface area contributed by atoms with Crippen molar-refractivity contribution in [2.24, 2.45) is 0 Å². The SMILES string of the molecule is CCCCCN(C)C(=O)C1Cc2ccccc2N1. The minimum absolute atomic E-state index is 0.0750. The van der Waals surface area contributed by atoms with E-state index in [1.165, 1.54) is 18.4 Å². The van der Waals surface area contributed by atoms with Gasteiger partial charge in [-0.2, -0.15) is 0 Å². The summed E-state index contributed by atoms with van der Waals surface area (Å²) in [5.41, 5.74) is 2.36. The van der Waals surface area contributed by atoms with E-state index in [-0.39, 0.29) is 11.9 Å². The fraction of sp³-hybridized carbons (Fsp3) is 0.533. The molecule has 0 aromatic heterocycles. The summed E-state index contributed by atoms with van der Waals surface area (Å²) in [7, 11) is 1.91. The highest BCUT2D eigenvalue weighted by atomic mass is 16.2. The Labute approximate surface area is 109 Å². The van der Waals surface area contributed by atoms with Crippen LogP contribution in [0.1, 0.15) is 31.7 Å². The molecule has 1 aliphatic rings. The molecule has 0 saturated carbocycles. The summed E-state index contributed by atoms with van der Waals surface area (Å²) in [5.74, 6) is 0.210. The summed E-state index contributed by atoms with van der Waals surface area (Å²) >= 11 is 0. The maximum Gasteiger partial charge on any atom is 0.245 e. The van der Waals surface area contributed by atoms with Gasteiger partial charge in [-0.05, 0) is 18.1 Å². The molecule has 2 rings (SSSR count).